The van der Waals surface area contributed by atoms with Gasteiger partial charge in [0, 0.05) is 6.07 Å². The Kier molecular flexibility index (Phi) is 2.72. The van der Waals surface area contributed by atoms with Crippen LogP contribution in [-0.2, 0) is 5.60 Å². The van der Waals surface area contributed by atoms with Crippen molar-refractivity contribution in [3.63, 3.8) is 0 Å². The summed E-state index contributed by atoms with van der Waals surface area (Å²) in [6.07, 6.45) is 3.93. The Morgan fingerprint density at radius 2 is 2.12 bits per heavy atom. The van der Waals surface area contributed by atoms with Gasteiger partial charge in [-0.1, -0.05) is 12.2 Å². The number of fused-ring (bicyclic) bond motifs is 1. The van der Waals surface area contributed by atoms with E-state index in [1.54, 1.807) is 13.0 Å². The maximum absolute atomic E-state index is 11.5. The summed E-state index contributed by atoms with van der Waals surface area (Å²) in [5.74, 6) is 0. The average Bonchev–Trinajstić information content (AvgIpc) is 2.18. The summed E-state index contributed by atoms with van der Waals surface area (Å²) in [6.45, 7) is 3.61. The smallest absolute Gasteiger partial charge is 0.248 e. The van der Waals surface area contributed by atoms with E-state index in [-0.39, 0.29) is 11.6 Å². The van der Waals surface area contributed by atoms with Crippen LogP contribution in [0, 0.1) is 6.92 Å². The van der Waals surface area contributed by atoms with E-state index in [2.05, 4.69) is 4.98 Å². The zero-order valence-electron chi connectivity index (χ0n) is 10.6. The molecule has 0 saturated carbocycles. The zero-order chi connectivity index (χ0) is 12.8. The number of rotatable bonds is 1. The normalized spacial score (nSPS) is 27.3. The summed E-state index contributed by atoms with van der Waals surface area (Å²) in [5.41, 5.74) is 1.14. The molecule has 2 unspecified atom stereocenters. The summed E-state index contributed by atoms with van der Waals surface area (Å²) in [5, 5.41) is 10.6. The third kappa shape index (κ3) is 1.83. The molecule has 4 nitrogen and oxygen atoms in total. The standard InChI is InChI=1S/C13H18N2O2/c1-8-7-11(16)14-12-9(8)5-6-10(15(3)4)13(12,2)17/h5-7,10,17H,1-4H3,(H,14,16). The average molecular weight is 234 g/mol. The number of hydrogen-bond acceptors (Lipinski definition) is 3. The molecule has 1 aliphatic carbocycles. The van der Waals surface area contributed by atoms with Gasteiger partial charge in [0.1, 0.15) is 5.60 Å². The van der Waals surface area contributed by atoms with Crippen LogP contribution in [-0.4, -0.2) is 35.1 Å². The van der Waals surface area contributed by atoms with E-state index in [9.17, 15) is 9.90 Å². The van der Waals surface area contributed by atoms with Crippen LogP contribution in [0.25, 0.3) is 6.08 Å². The summed E-state index contributed by atoms with van der Waals surface area (Å²) in [7, 11) is 3.81. The molecule has 1 aromatic rings. The number of aromatic amines is 1. The van der Waals surface area contributed by atoms with Crippen molar-refractivity contribution in [2.45, 2.75) is 25.5 Å². The molecule has 92 valence electrons. The monoisotopic (exact) mass is 234 g/mol. The third-order valence-electron chi connectivity index (χ3n) is 3.37. The van der Waals surface area contributed by atoms with Gasteiger partial charge >= 0.3 is 0 Å². The minimum atomic E-state index is -1.08. The quantitative estimate of drug-likeness (QED) is 0.757. The van der Waals surface area contributed by atoms with Gasteiger partial charge in [0.05, 0.1) is 11.7 Å². The van der Waals surface area contributed by atoms with Gasteiger partial charge in [0.2, 0.25) is 5.56 Å². The van der Waals surface area contributed by atoms with E-state index in [1.165, 1.54) is 0 Å². The maximum Gasteiger partial charge on any atom is 0.248 e. The number of hydrogen-bond donors (Lipinski definition) is 2. The number of aryl methyl sites for hydroxylation is 1. The van der Waals surface area contributed by atoms with Gasteiger partial charge in [-0.05, 0) is 39.1 Å². The molecule has 1 aliphatic rings. The molecule has 1 heterocycles. The van der Waals surface area contributed by atoms with E-state index in [0.29, 0.717) is 5.69 Å². The van der Waals surface area contributed by atoms with Gasteiger partial charge in [0.15, 0.2) is 0 Å². The van der Waals surface area contributed by atoms with Crippen molar-refractivity contribution in [1.29, 1.82) is 0 Å². The molecule has 0 bridgehead atoms. The lowest BCUT2D eigenvalue weighted by atomic mass is 9.82. The molecule has 2 atom stereocenters. The minimum absolute atomic E-state index is 0.146. The lowest BCUT2D eigenvalue weighted by molar-refractivity contribution is -0.00790. The van der Waals surface area contributed by atoms with E-state index in [1.807, 2.05) is 38.1 Å². The van der Waals surface area contributed by atoms with Gasteiger partial charge in [-0.25, -0.2) is 0 Å². The zero-order valence-corrected chi connectivity index (χ0v) is 10.6. The molecule has 0 aliphatic heterocycles. The molecule has 0 spiro atoms. The van der Waals surface area contributed by atoms with Crippen LogP contribution in [0.15, 0.2) is 16.9 Å². The number of nitrogens with zero attached hydrogens (tertiary/aromatic N) is 1. The molecule has 0 radical (unpaired) electrons. The van der Waals surface area contributed by atoms with Crippen LogP contribution in [0.5, 0.6) is 0 Å². The maximum atomic E-state index is 11.5. The molecule has 2 rings (SSSR count). The lowest BCUT2D eigenvalue weighted by Gasteiger charge is -2.39. The molecule has 0 fully saturated rings. The van der Waals surface area contributed by atoms with Gasteiger partial charge in [0.25, 0.3) is 0 Å². The van der Waals surface area contributed by atoms with Gasteiger partial charge in [-0.3, -0.25) is 9.69 Å². The lowest BCUT2D eigenvalue weighted by Crippen LogP contribution is -2.47. The second-order valence-corrected chi connectivity index (χ2v) is 5.02. The molecular formula is C13H18N2O2. The Bertz CT molecular complexity index is 527. The van der Waals surface area contributed by atoms with Gasteiger partial charge in [-0.2, -0.15) is 0 Å². The molecular weight excluding hydrogens is 216 g/mol. The summed E-state index contributed by atoms with van der Waals surface area (Å²) in [4.78, 5) is 16.2. The number of pyridine rings is 1. The SMILES string of the molecule is Cc1cc(=O)[nH]c2c1C=CC(N(C)C)C2(C)O. The van der Waals surface area contributed by atoms with Crippen molar-refractivity contribution in [3.8, 4) is 0 Å². The predicted octanol–water partition coefficient (Wildman–Crippen LogP) is 0.848. The number of H-pyrrole nitrogens is 1. The highest BCUT2D eigenvalue weighted by Crippen LogP contribution is 2.34. The molecule has 4 heteroatoms. The van der Waals surface area contributed by atoms with Crippen LogP contribution < -0.4 is 5.56 Å². The van der Waals surface area contributed by atoms with E-state index in [0.717, 1.165) is 11.1 Å². The number of nitrogens with one attached hydrogen (secondary N) is 1. The second-order valence-electron chi connectivity index (χ2n) is 5.02. The summed E-state index contributed by atoms with van der Waals surface area (Å²) in [6, 6.07) is 1.40. The van der Waals surface area contributed by atoms with Crippen molar-refractivity contribution >= 4 is 6.08 Å². The van der Waals surface area contributed by atoms with E-state index in [4.69, 9.17) is 0 Å². The predicted molar refractivity (Wildman–Crippen MR) is 67.9 cm³/mol. The first-order valence-electron chi connectivity index (χ1n) is 5.65. The Labute approximate surface area is 101 Å². The number of aromatic nitrogens is 1. The third-order valence-corrected chi connectivity index (χ3v) is 3.37. The van der Waals surface area contributed by atoms with Crippen molar-refractivity contribution < 1.29 is 5.11 Å². The largest absolute Gasteiger partial charge is 0.382 e. The topological polar surface area (TPSA) is 56.3 Å². The van der Waals surface area contributed by atoms with Gasteiger partial charge < -0.3 is 10.1 Å². The van der Waals surface area contributed by atoms with Crippen molar-refractivity contribution in [3.05, 3.63) is 39.3 Å². The highest BCUT2D eigenvalue weighted by Gasteiger charge is 2.38. The van der Waals surface area contributed by atoms with E-state index < -0.39 is 5.60 Å². The van der Waals surface area contributed by atoms with Gasteiger partial charge in [-0.15, -0.1) is 0 Å². The number of likely N-dealkylation sites (N-methyl/N-ethyl adjacent to an activating group) is 1. The van der Waals surface area contributed by atoms with Crippen LogP contribution in [0.3, 0.4) is 0 Å². The fourth-order valence-electron chi connectivity index (χ4n) is 2.51. The molecule has 1 aromatic heterocycles. The first-order valence-corrected chi connectivity index (χ1v) is 5.65. The number of aliphatic hydroxyl groups is 1. The molecule has 17 heavy (non-hydrogen) atoms. The highest BCUT2D eigenvalue weighted by atomic mass is 16.3. The van der Waals surface area contributed by atoms with Crippen molar-refractivity contribution in [2.24, 2.45) is 0 Å². The Hall–Kier alpha value is -1.39. The Morgan fingerprint density at radius 1 is 1.47 bits per heavy atom. The van der Waals surface area contributed by atoms with Crippen LogP contribution in [0.2, 0.25) is 0 Å². The first kappa shape index (κ1) is 12.1. The summed E-state index contributed by atoms with van der Waals surface area (Å²) >= 11 is 0. The minimum Gasteiger partial charge on any atom is -0.382 e. The van der Waals surface area contributed by atoms with Crippen LogP contribution >= 0.6 is 0 Å². The Morgan fingerprint density at radius 3 is 2.71 bits per heavy atom. The molecule has 0 amide bonds. The van der Waals surface area contributed by atoms with Crippen molar-refractivity contribution in [1.82, 2.24) is 9.88 Å². The molecule has 0 aromatic carbocycles. The van der Waals surface area contributed by atoms with Crippen molar-refractivity contribution in [2.75, 3.05) is 14.1 Å². The highest BCUT2D eigenvalue weighted by molar-refractivity contribution is 5.61. The molecule has 2 N–H and O–H groups in total. The van der Waals surface area contributed by atoms with Crippen LogP contribution in [0.1, 0.15) is 23.7 Å². The Balaban J connectivity index is 2.67. The summed E-state index contributed by atoms with van der Waals surface area (Å²) < 4.78 is 0. The fourth-order valence-corrected chi connectivity index (χ4v) is 2.51. The van der Waals surface area contributed by atoms with E-state index >= 15 is 0 Å². The molecule has 0 saturated heterocycles. The second kappa shape index (κ2) is 3.82. The first-order chi connectivity index (χ1) is 7.84. The fraction of sp³-hybridized carbons (Fsp3) is 0.462. The van der Waals surface area contributed by atoms with Crippen LogP contribution in [0.4, 0.5) is 0 Å².